The molecule has 0 radical (unpaired) electrons. The van der Waals surface area contributed by atoms with E-state index in [-0.39, 0.29) is 8.80 Å². The highest BCUT2D eigenvalue weighted by molar-refractivity contribution is 6.58. The van der Waals surface area contributed by atoms with Crippen LogP contribution in [0.1, 0.15) is 63.4 Å². The Labute approximate surface area is 176 Å². The second-order valence-corrected chi connectivity index (χ2v) is 12.9. The predicted octanol–water partition coefficient (Wildman–Crippen LogP) is 7.95. The molecule has 2 aliphatic rings. The van der Waals surface area contributed by atoms with Crippen molar-refractivity contribution < 1.29 is 8.78 Å². The molecule has 29 heavy (non-hydrogen) atoms. The summed E-state index contributed by atoms with van der Waals surface area (Å²) in [6.45, 7) is 2.35. The molecule has 0 amide bonds. The first kappa shape index (κ1) is 20.8. The van der Waals surface area contributed by atoms with Gasteiger partial charge in [-0.3, -0.25) is 0 Å². The van der Waals surface area contributed by atoms with Gasteiger partial charge in [0, 0.05) is 8.80 Å². The summed E-state index contributed by atoms with van der Waals surface area (Å²) in [4.78, 5) is 0. The Morgan fingerprint density at radius 2 is 1.52 bits per heavy atom. The third-order valence-electron chi connectivity index (χ3n) is 7.66. The molecule has 156 valence electrons. The molecule has 0 unspecified atom stereocenters. The minimum Gasteiger partial charge on any atom is -0.204 e. The highest BCUT2D eigenvalue weighted by Gasteiger charge is 2.32. The maximum Gasteiger partial charge on any atom is 0.159 e. The van der Waals surface area contributed by atoms with Crippen LogP contribution >= 0.6 is 0 Å². The Hall–Kier alpha value is -1.48. The van der Waals surface area contributed by atoms with Crippen LogP contribution in [0.4, 0.5) is 8.78 Å². The predicted molar refractivity (Wildman–Crippen MR) is 121 cm³/mol. The van der Waals surface area contributed by atoms with Crippen molar-refractivity contribution >= 4 is 8.80 Å². The van der Waals surface area contributed by atoms with Gasteiger partial charge in [0.25, 0.3) is 0 Å². The summed E-state index contributed by atoms with van der Waals surface area (Å²) in [5.74, 6) is 0.893. The Bertz CT molecular complexity index is 802. The first-order valence-electron chi connectivity index (χ1n) is 11.7. The minimum absolute atomic E-state index is 0.387. The van der Waals surface area contributed by atoms with E-state index < -0.39 is 11.6 Å². The fourth-order valence-electron chi connectivity index (χ4n) is 6.04. The fourth-order valence-corrected chi connectivity index (χ4v) is 9.52. The number of hydrogen-bond donors (Lipinski definition) is 0. The van der Waals surface area contributed by atoms with Crippen molar-refractivity contribution in [1.82, 2.24) is 0 Å². The maximum atomic E-state index is 13.8. The molecule has 1 heterocycles. The molecule has 3 heteroatoms. The van der Waals surface area contributed by atoms with Crippen LogP contribution in [-0.4, -0.2) is 8.80 Å². The molecule has 1 aliphatic carbocycles. The summed E-state index contributed by atoms with van der Waals surface area (Å²) in [7, 11) is -0.387. The quantitative estimate of drug-likeness (QED) is 0.437. The zero-order chi connectivity index (χ0) is 20.2. The van der Waals surface area contributed by atoms with Crippen molar-refractivity contribution in [3.63, 3.8) is 0 Å². The Morgan fingerprint density at radius 3 is 2.21 bits per heavy atom. The van der Waals surface area contributed by atoms with E-state index in [0.29, 0.717) is 5.92 Å². The number of halogens is 2. The molecule has 0 atom stereocenters. The van der Waals surface area contributed by atoms with Crippen molar-refractivity contribution in [2.75, 3.05) is 0 Å². The molecular weight excluding hydrogens is 378 g/mol. The fraction of sp³-hybridized carbons (Fsp3) is 0.538. The normalized spacial score (nSPS) is 27.7. The number of hydrogen-bond acceptors (Lipinski definition) is 0. The molecule has 0 spiro atoms. The van der Waals surface area contributed by atoms with Crippen LogP contribution < -0.4 is 0 Å². The molecular formula is C26H34F2Si. The molecule has 0 bridgehead atoms. The Kier molecular flexibility index (Phi) is 6.84. The topological polar surface area (TPSA) is 0 Å². The lowest BCUT2D eigenvalue weighted by atomic mass is 9.71. The van der Waals surface area contributed by atoms with Gasteiger partial charge in [-0.15, -0.1) is 0 Å². The van der Waals surface area contributed by atoms with Crippen molar-refractivity contribution in [3.8, 4) is 11.1 Å². The third kappa shape index (κ3) is 4.82. The first-order valence-corrected chi connectivity index (χ1v) is 14.1. The highest BCUT2D eigenvalue weighted by Crippen LogP contribution is 2.45. The summed E-state index contributed by atoms with van der Waals surface area (Å²) in [5.41, 5.74) is 3.18. The Morgan fingerprint density at radius 1 is 0.828 bits per heavy atom. The summed E-state index contributed by atoms with van der Waals surface area (Å²) >= 11 is 0. The van der Waals surface area contributed by atoms with Crippen LogP contribution in [0.15, 0.2) is 42.5 Å². The number of benzene rings is 2. The van der Waals surface area contributed by atoms with Crippen molar-refractivity contribution in [2.45, 2.75) is 75.9 Å². The molecule has 0 nitrogen and oxygen atoms in total. The molecule has 1 aliphatic heterocycles. The van der Waals surface area contributed by atoms with E-state index in [1.807, 2.05) is 6.07 Å². The van der Waals surface area contributed by atoms with Crippen molar-refractivity contribution in [2.24, 2.45) is 11.8 Å². The first-order chi connectivity index (χ1) is 14.2. The van der Waals surface area contributed by atoms with Gasteiger partial charge in [0.15, 0.2) is 11.6 Å². The number of rotatable bonds is 5. The van der Waals surface area contributed by atoms with E-state index in [9.17, 15) is 8.78 Å². The molecule has 2 fully saturated rings. The van der Waals surface area contributed by atoms with Gasteiger partial charge in [0.2, 0.25) is 0 Å². The van der Waals surface area contributed by atoms with Crippen LogP contribution in [-0.2, 0) is 0 Å². The van der Waals surface area contributed by atoms with Gasteiger partial charge in [-0.25, -0.2) is 8.78 Å². The van der Waals surface area contributed by atoms with E-state index in [1.54, 1.807) is 24.2 Å². The molecule has 2 aromatic rings. The zero-order valence-electron chi connectivity index (χ0n) is 17.7. The Balaban J connectivity index is 1.41. The molecule has 0 aromatic heterocycles. The SMILES string of the molecule is CCC[SiH]1CCC(C2CCC(c3ccccc3-c3ccc(F)c(F)c3)CC2)CC1. The summed E-state index contributed by atoms with van der Waals surface area (Å²) in [6.07, 6.45) is 9.53. The van der Waals surface area contributed by atoms with E-state index in [0.717, 1.165) is 23.0 Å². The molecule has 1 saturated heterocycles. The van der Waals surface area contributed by atoms with Gasteiger partial charge in [0.1, 0.15) is 0 Å². The zero-order valence-corrected chi connectivity index (χ0v) is 18.8. The van der Waals surface area contributed by atoms with Crippen LogP contribution in [0.5, 0.6) is 0 Å². The van der Waals surface area contributed by atoms with E-state index in [1.165, 1.54) is 62.6 Å². The van der Waals surface area contributed by atoms with Gasteiger partial charge in [-0.1, -0.05) is 74.7 Å². The second kappa shape index (κ2) is 9.55. The minimum atomic E-state index is -0.775. The van der Waals surface area contributed by atoms with Gasteiger partial charge >= 0.3 is 0 Å². The van der Waals surface area contributed by atoms with Crippen LogP contribution in [0, 0.1) is 23.5 Å². The van der Waals surface area contributed by atoms with Crippen molar-refractivity contribution in [1.29, 1.82) is 0 Å². The largest absolute Gasteiger partial charge is 0.204 e. The van der Waals surface area contributed by atoms with Gasteiger partial charge in [-0.05, 0) is 72.3 Å². The molecule has 4 rings (SSSR count). The smallest absolute Gasteiger partial charge is 0.159 e. The maximum absolute atomic E-state index is 13.8. The highest BCUT2D eigenvalue weighted by atomic mass is 28.3. The van der Waals surface area contributed by atoms with Crippen molar-refractivity contribution in [3.05, 3.63) is 59.7 Å². The standard InChI is InChI=1S/C26H34F2Si/c1-2-15-29-16-13-20(14-17-29)19-7-9-21(10-8-19)23-5-3-4-6-24(23)22-11-12-25(27)26(28)18-22/h3-6,11-12,18-21,29H,2,7-10,13-17H2,1H3. The average molecular weight is 413 g/mol. The van der Waals surface area contributed by atoms with Gasteiger partial charge in [-0.2, -0.15) is 0 Å². The molecule has 1 saturated carbocycles. The average Bonchev–Trinajstić information content (AvgIpc) is 2.77. The van der Waals surface area contributed by atoms with Crippen LogP contribution in [0.2, 0.25) is 18.1 Å². The monoisotopic (exact) mass is 412 g/mol. The molecule has 2 aromatic carbocycles. The molecule has 0 N–H and O–H groups in total. The lowest BCUT2D eigenvalue weighted by Gasteiger charge is -2.38. The van der Waals surface area contributed by atoms with E-state index in [2.05, 4.69) is 25.1 Å². The lowest BCUT2D eigenvalue weighted by Crippen LogP contribution is -2.28. The summed E-state index contributed by atoms with van der Waals surface area (Å²) < 4.78 is 27.2. The van der Waals surface area contributed by atoms with Crippen LogP contribution in [0.25, 0.3) is 11.1 Å². The van der Waals surface area contributed by atoms with Gasteiger partial charge < -0.3 is 0 Å². The third-order valence-corrected chi connectivity index (χ3v) is 11.4. The van der Waals surface area contributed by atoms with E-state index in [4.69, 9.17) is 0 Å². The summed E-state index contributed by atoms with van der Waals surface area (Å²) in [6, 6.07) is 17.4. The summed E-state index contributed by atoms with van der Waals surface area (Å²) in [5, 5.41) is 0. The van der Waals surface area contributed by atoms with Gasteiger partial charge in [0.05, 0.1) is 0 Å². The lowest BCUT2D eigenvalue weighted by molar-refractivity contribution is 0.216. The van der Waals surface area contributed by atoms with Crippen LogP contribution in [0.3, 0.4) is 0 Å². The van der Waals surface area contributed by atoms with E-state index >= 15 is 0 Å². The second-order valence-electron chi connectivity index (χ2n) is 9.40.